The van der Waals surface area contributed by atoms with E-state index in [9.17, 15) is 9.59 Å². The molecule has 4 rings (SSSR count). The van der Waals surface area contributed by atoms with Gasteiger partial charge in [0, 0.05) is 30.4 Å². The minimum absolute atomic E-state index is 0.177. The van der Waals surface area contributed by atoms with Crippen molar-refractivity contribution in [1.82, 2.24) is 15.8 Å². The van der Waals surface area contributed by atoms with Crippen LogP contribution in [0, 0.1) is 6.92 Å². The molecule has 3 aliphatic rings. The molecule has 0 aromatic carbocycles. The summed E-state index contributed by atoms with van der Waals surface area (Å²) >= 11 is 0. The SMILES string of the molecule is C/C=C(\NC(=O)c1noc(C2CCC3(CC2)OCCO3)c1C)C(=O)NC1CCCCC1. The van der Waals surface area contributed by atoms with Crippen LogP contribution in [0.3, 0.4) is 0 Å². The van der Waals surface area contributed by atoms with Gasteiger partial charge in [-0.1, -0.05) is 30.5 Å². The molecule has 170 valence electrons. The summed E-state index contributed by atoms with van der Waals surface area (Å²) in [7, 11) is 0. The van der Waals surface area contributed by atoms with Gasteiger partial charge in [-0.15, -0.1) is 0 Å². The van der Waals surface area contributed by atoms with E-state index in [1.54, 1.807) is 13.0 Å². The van der Waals surface area contributed by atoms with Crippen LogP contribution < -0.4 is 10.6 Å². The maximum atomic E-state index is 12.8. The molecule has 2 aliphatic carbocycles. The van der Waals surface area contributed by atoms with Crippen molar-refractivity contribution in [2.24, 2.45) is 0 Å². The predicted molar refractivity (Wildman–Crippen MR) is 113 cm³/mol. The maximum absolute atomic E-state index is 12.8. The van der Waals surface area contributed by atoms with Gasteiger partial charge in [0.2, 0.25) is 0 Å². The fourth-order valence-electron chi connectivity index (χ4n) is 5.00. The van der Waals surface area contributed by atoms with E-state index >= 15 is 0 Å². The summed E-state index contributed by atoms with van der Waals surface area (Å²) < 4.78 is 17.2. The first-order valence-corrected chi connectivity index (χ1v) is 11.5. The van der Waals surface area contributed by atoms with Gasteiger partial charge in [0.1, 0.15) is 11.5 Å². The van der Waals surface area contributed by atoms with Crippen LogP contribution in [0.1, 0.15) is 92.4 Å². The van der Waals surface area contributed by atoms with Crippen molar-refractivity contribution in [3.05, 3.63) is 28.8 Å². The molecule has 2 saturated carbocycles. The summed E-state index contributed by atoms with van der Waals surface area (Å²) in [4.78, 5) is 25.4. The van der Waals surface area contributed by atoms with Crippen molar-refractivity contribution in [3.8, 4) is 0 Å². The molecule has 0 bridgehead atoms. The summed E-state index contributed by atoms with van der Waals surface area (Å²) in [6, 6.07) is 0.177. The average molecular weight is 432 g/mol. The molecular weight excluding hydrogens is 398 g/mol. The van der Waals surface area contributed by atoms with Gasteiger partial charge in [0.25, 0.3) is 11.8 Å². The standard InChI is InChI=1S/C23H33N3O5/c1-3-18(21(27)24-17-7-5-4-6-8-17)25-22(28)19-15(2)20(31-26-19)16-9-11-23(12-10-16)29-13-14-30-23/h3,16-17H,4-14H2,1-2H3,(H,24,27)(H,25,28)/b18-3-. The molecule has 0 radical (unpaired) electrons. The molecule has 1 saturated heterocycles. The number of carbonyl (C=O) groups is 2. The third kappa shape index (κ3) is 4.85. The minimum atomic E-state index is -0.433. The Morgan fingerprint density at radius 2 is 1.74 bits per heavy atom. The van der Waals surface area contributed by atoms with Crippen molar-refractivity contribution >= 4 is 11.8 Å². The highest BCUT2D eigenvalue weighted by Gasteiger charge is 2.42. The fraction of sp³-hybridized carbons (Fsp3) is 0.696. The van der Waals surface area contributed by atoms with Crippen molar-refractivity contribution in [1.29, 1.82) is 0 Å². The summed E-state index contributed by atoms with van der Waals surface area (Å²) in [5.41, 5.74) is 1.21. The number of nitrogens with zero attached hydrogens (tertiary/aromatic N) is 1. The van der Waals surface area contributed by atoms with Crippen molar-refractivity contribution in [3.63, 3.8) is 0 Å². The predicted octanol–water partition coefficient (Wildman–Crippen LogP) is 3.47. The lowest BCUT2D eigenvalue weighted by atomic mass is 9.82. The normalized spacial score (nSPS) is 22.6. The number of hydrogen-bond donors (Lipinski definition) is 2. The average Bonchev–Trinajstić information content (AvgIpc) is 3.40. The third-order valence-electron chi connectivity index (χ3n) is 6.83. The summed E-state index contributed by atoms with van der Waals surface area (Å²) in [6.45, 7) is 4.89. The van der Waals surface area contributed by atoms with E-state index in [-0.39, 0.29) is 29.3 Å². The molecule has 3 fully saturated rings. The molecule has 2 heterocycles. The number of nitrogens with one attached hydrogen (secondary N) is 2. The molecule has 1 aliphatic heterocycles. The number of hydrogen-bond acceptors (Lipinski definition) is 6. The maximum Gasteiger partial charge on any atom is 0.278 e. The van der Waals surface area contributed by atoms with Gasteiger partial charge in [-0.05, 0) is 39.5 Å². The lowest BCUT2D eigenvalue weighted by Gasteiger charge is -2.34. The highest BCUT2D eigenvalue weighted by Crippen LogP contribution is 2.43. The van der Waals surface area contributed by atoms with Gasteiger partial charge >= 0.3 is 0 Å². The van der Waals surface area contributed by atoms with Gasteiger partial charge in [0.05, 0.1) is 13.2 Å². The van der Waals surface area contributed by atoms with Gasteiger partial charge in [-0.25, -0.2) is 0 Å². The molecular formula is C23H33N3O5. The van der Waals surface area contributed by atoms with Crippen LogP contribution in [0.4, 0.5) is 0 Å². The number of ether oxygens (including phenoxy) is 2. The van der Waals surface area contributed by atoms with Gasteiger partial charge in [-0.3, -0.25) is 9.59 Å². The van der Waals surface area contributed by atoms with E-state index in [2.05, 4.69) is 15.8 Å². The van der Waals surface area contributed by atoms with Crippen molar-refractivity contribution in [2.75, 3.05) is 13.2 Å². The summed E-state index contributed by atoms with van der Waals surface area (Å²) in [6.07, 6.45) is 10.4. The van der Waals surface area contributed by atoms with Gasteiger partial charge in [-0.2, -0.15) is 0 Å². The first kappa shape index (κ1) is 22.0. The quantitative estimate of drug-likeness (QED) is 0.692. The highest BCUT2D eigenvalue weighted by molar-refractivity contribution is 6.02. The van der Waals surface area contributed by atoms with Crippen LogP contribution in [0.15, 0.2) is 16.3 Å². The lowest BCUT2D eigenvalue weighted by molar-refractivity contribution is -0.179. The number of aromatic nitrogens is 1. The number of rotatable bonds is 5. The summed E-state index contributed by atoms with van der Waals surface area (Å²) in [5, 5.41) is 9.78. The smallest absolute Gasteiger partial charge is 0.278 e. The molecule has 8 heteroatoms. The zero-order chi connectivity index (χ0) is 21.8. The molecule has 2 N–H and O–H groups in total. The Balaban J connectivity index is 1.36. The molecule has 31 heavy (non-hydrogen) atoms. The van der Waals surface area contributed by atoms with Crippen LogP contribution in [0.5, 0.6) is 0 Å². The number of carbonyl (C=O) groups excluding carboxylic acids is 2. The Hall–Kier alpha value is -2.19. The van der Waals surface area contributed by atoms with Crippen LogP contribution in [-0.2, 0) is 14.3 Å². The summed E-state index contributed by atoms with van der Waals surface area (Å²) in [5.74, 6) is -0.181. The van der Waals surface area contributed by atoms with E-state index in [0.29, 0.717) is 13.2 Å². The van der Waals surface area contributed by atoms with Crippen LogP contribution in [0.25, 0.3) is 0 Å². The Labute approximate surface area is 183 Å². The van der Waals surface area contributed by atoms with E-state index < -0.39 is 11.7 Å². The second-order valence-corrected chi connectivity index (χ2v) is 8.87. The second-order valence-electron chi connectivity index (χ2n) is 8.87. The zero-order valence-corrected chi connectivity index (χ0v) is 18.5. The van der Waals surface area contributed by atoms with E-state index in [0.717, 1.165) is 62.7 Å². The van der Waals surface area contributed by atoms with Crippen LogP contribution >= 0.6 is 0 Å². The molecule has 1 aromatic heterocycles. The molecule has 0 unspecified atom stereocenters. The lowest BCUT2D eigenvalue weighted by Crippen LogP contribution is -2.41. The van der Waals surface area contributed by atoms with Gasteiger partial charge < -0.3 is 24.6 Å². The molecule has 1 spiro atoms. The number of allylic oxidation sites excluding steroid dienone is 1. The Morgan fingerprint density at radius 3 is 2.39 bits per heavy atom. The minimum Gasteiger partial charge on any atom is -0.360 e. The molecule has 2 amide bonds. The third-order valence-corrected chi connectivity index (χ3v) is 6.83. The van der Waals surface area contributed by atoms with Crippen LogP contribution in [-0.4, -0.2) is 42.0 Å². The fourth-order valence-corrected chi connectivity index (χ4v) is 5.00. The first-order valence-electron chi connectivity index (χ1n) is 11.5. The molecule has 1 aromatic rings. The monoisotopic (exact) mass is 431 g/mol. The topological polar surface area (TPSA) is 103 Å². The molecule has 0 atom stereocenters. The second kappa shape index (κ2) is 9.53. The van der Waals surface area contributed by atoms with Gasteiger partial charge in [0.15, 0.2) is 11.5 Å². The van der Waals surface area contributed by atoms with E-state index in [1.807, 2.05) is 6.92 Å². The highest BCUT2D eigenvalue weighted by atomic mass is 16.7. The number of amides is 2. The largest absolute Gasteiger partial charge is 0.360 e. The molecule has 8 nitrogen and oxygen atoms in total. The van der Waals surface area contributed by atoms with Crippen molar-refractivity contribution in [2.45, 2.75) is 89.4 Å². The Kier molecular flexibility index (Phi) is 6.77. The Morgan fingerprint density at radius 1 is 1.06 bits per heavy atom. The van der Waals surface area contributed by atoms with E-state index in [4.69, 9.17) is 14.0 Å². The van der Waals surface area contributed by atoms with Crippen molar-refractivity contribution < 1.29 is 23.6 Å². The van der Waals surface area contributed by atoms with E-state index in [1.165, 1.54) is 6.42 Å². The zero-order valence-electron chi connectivity index (χ0n) is 18.5. The Bertz CT molecular complexity index is 824. The first-order chi connectivity index (χ1) is 15.0. The van der Waals surface area contributed by atoms with Crippen LogP contribution in [0.2, 0.25) is 0 Å².